The minimum absolute atomic E-state index is 0.784. The molecule has 1 fully saturated rings. The summed E-state index contributed by atoms with van der Waals surface area (Å²) in [5, 5.41) is 5.64. The van der Waals surface area contributed by atoms with Crippen molar-refractivity contribution in [1.82, 2.24) is 10.3 Å². The lowest BCUT2D eigenvalue weighted by Crippen LogP contribution is -2.13. The van der Waals surface area contributed by atoms with Gasteiger partial charge in [0.15, 0.2) is 0 Å². The van der Waals surface area contributed by atoms with Crippen LogP contribution >= 0.6 is 0 Å². The molecular formula is C17H22N2O. The molecule has 0 aliphatic heterocycles. The molecule has 0 saturated heterocycles. The molecule has 0 radical (unpaired) electrons. The van der Waals surface area contributed by atoms with Gasteiger partial charge in [0.25, 0.3) is 0 Å². The number of aromatic nitrogens is 1. The number of pyridine rings is 1. The molecule has 1 heterocycles. The monoisotopic (exact) mass is 270 g/mol. The highest BCUT2D eigenvalue weighted by Crippen LogP contribution is 2.32. The van der Waals surface area contributed by atoms with Crippen molar-refractivity contribution in [3.63, 3.8) is 0 Å². The van der Waals surface area contributed by atoms with Crippen molar-refractivity contribution in [2.75, 3.05) is 13.2 Å². The van der Waals surface area contributed by atoms with Crippen molar-refractivity contribution >= 4 is 10.8 Å². The van der Waals surface area contributed by atoms with Gasteiger partial charge in [0, 0.05) is 11.9 Å². The molecule has 1 aliphatic carbocycles. The Bertz CT molecular complexity index is 578. The van der Waals surface area contributed by atoms with E-state index in [0.717, 1.165) is 49.0 Å². The van der Waals surface area contributed by atoms with E-state index in [1.54, 1.807) is 0 Å². The van der Waals surface area contributed by atoms with Crippen LogP contribution in [0, 0.1) is 5.92 Å². The zero-order chi connectivity index (χ0) is 13.8. The summed E-state index contributed by atoms with van der Waals surface area (Å²) >= 11 is 0. The van der Waals surface area contributed by atoms with Gasteiger partial charge in [0.1, 0.15) is 0 Å². The second-order valence-electron chi connectivity index (χ2n) is 5.50. The lowest BCUT2D eigenvalue weighted by Gasteiger charge is -2.11. The van der Waals surface area contributed by atoms with E-state index in [0.29, 0.717) is 0 Å². The summed E-state index contributed by atoms with van der Waals surface area (Å²) in [6.07, 6.45) is 3.91. The molecule has 0 unspecified atom stereocenters. The Labute approximate surface area is 120 Å². The minimum atomic E-state index is 0.784. The predicted octanol–water partition coefficient (Wildman–Crippen LogP) is 3.52. The molecular weight excluding hydrogens is 248 g/mol. The molecule has 3 nitrogen and oxygen atoms in total. The molecule has 0 amide bonds. The Morgan fingerprint density at radius 2 is 2.15 bits per heavy atom. The van der Waals surface area contributed by atoms with Crippen molar-refractivity contribution in [2.45, 2.75) is 32.7 Å². The van der Waals surface area contributed by atoms with E-state index in [1.807, 2.05) is 6.07 Å². The van der Waals surface area contributed by atoms with Crippen LogP contribution < -0.4 is 10.1 Å². The fraction of sp³-hybridized carbons (Fsp3) is 0.471. The van der Waals surface area contributed by atoms with E-state index >= 15 is 0 Å². The van der Waals surface area contributed by atoms with Gasteiger partial charge in [-0.25, -0.2) is 4.98 Å². The number of rotatable bonds is 7. The van der Waals surface area contributed by atoms with Gasteiger partial charge in [-0.1, -0.05) is 38.0 Å². The molecule has 1 aliphatic rings. The quantitative estimate of drug-likeness (QED) is 0.836. The summed E-state index contributed by atoms with van der Waals surface area (Å²) in [6.45, 7) is 4.63. The van der Waals surface area contributed by atoms with Gasteiger partial charge in [-0.3, -0.25) is 0 Å². The van der Waals surface area contributed by atoms with Crippen molar-refractivity contribution in [2.24, 2.45) is 5.92 Å². The van der Waals surface area contributed by atoms with Crippen molar-refractivity contribution in [1.29, 1.82) is 0 Å². The van der Waals surface area contributed by atoms with Gasteiger partial charge in [-0.2, -0.15) is 0 Å². The third-order valence-corrected chi connectivity index (χ3v) is 3.78. The fourth-order valence-corrected chi connectivity index (χ4v) is 2.40. The number of nitrogens with one attached hydrogen (secondary N) is 1. The highest BCUT2D eigenvalue weighted by Gasteiger charge is 2.21. The van der Waals surface area contributed by atoms with Crippen molar-refractivity contribution < 1.29 is 4.74 Å². The SMILES string of the molecule is CCNCc1cc2ccccc2c(OCCC2CC2)n1. The molecule has 0 spiro atoms. The largest absolute Gasteiger partial charge is 0.477 e. The predicted molar refractivity (Wildman–Crippen MR) is 82.0 cm³/mol. The van der Waals surface area contributed by atoms with Crippen LogP contribution in [0.2, 0.25) is 0 Å². The van der Waals surface area contributed by atoms with Crippen LogP contribution in [0.3, 0.4) is 0 Å². The third kappa shape index (κ3) is 3.28. The molecule has 1 aromatic heterocycles. The molecule has 2 aromatic rings. The highest BCUT2D eigenvalue weighted by molar-refractivity contribution is 5.87. The first kappa shape index (κ1) is 13.4. The molecule has 0 atom stereocenters. The number of hydrogen-bond acceptors (Lipinski definition) is 3. The maximum absolute atomic E-state index is 5.95. The average molecular weight is 270 g/mol. The first-order valence-corrected chi connectivity index (χ1v) is 7.59. The van der Waals surface area contributed by atoms with Crippen LogP contribution in [0.4, 0.5) is 0 Å². The summed E-state index contributed by atoms with van der Waals surface area (Å²) in [4.78, 5) is 4.67. The van der Waals surface area contributed by atoms with Crippen LogP contribution in [-0.2, 0) is 6.54 Å². The van der Waals surface area contributed by atoms with Crippen LogP contribution in [0.15, 0.2) is 30.3 Å². The summed E-state index contributed by atoms with van der Waals surface area (Å²) in [5.74, 6) is 1.68. The lowest BCUT2D eigenvalue weighted by molar-refractivity contribution is 0.294. The molecule has 106 valence electrons. The van der Waals surface area contributed by atoms with Gasteiger partial charge in [0.05, 0.1) is 12.3 Å². The van der Waals surface area contributed by atoms with Gasteiger partial charge in [-0.05, 0) is 36.4 Å². The number of benzene rings is 1. The zero-order valence-corrected chi connectivity index (χ0v) is 12.1. The van der Waals surface area contributed by atoms with Gasteiger partial charge >= 0.3 is 0 Å². The van der Waals surface area contributed by atoms with E-state index < -0.39 is 0 Å². The standard InChI is InChI=1S/C17H22N2O/c1-2-18-12-15-11-14-5-3-4-6-16(14)17(19-15)20-10-9-13-7-8-13/h3-6,11,13,18H,2,7-10,12H2,1H3. The van der Waals surface area contributed by atoms with E-state index in [-0.39, 0.29) is 0 Å². The van der Waals surface area contributed by atoms with Gasteiger partial charge in [-0.15, -0.1) is 0 Å². The Balaban J connectivity index is 1.81. The molecule has 1 saturated carbocycles. The fourth-order valence-electron chi connectivity index (χ4n) is 2.40. The maximum Gasteiger partial charge on any atom is 0.221 e. The average Bonchev–Trinajstić information content (AvgIpc) is 3.29. The zero-order valence-electron chi connectivity index (χ0n) is 12.1. The first-order chi connectivity index (χ1) is 9.86. The summed E-state index contributed by atoms with van der Waals surface area (Å²) in [6, 6.07) is 10.5. The topological polar surface area (TPSA) is 34.1 Å². The molecule has 3 heteroatoms. The first-order valence-electron chi connectivity index (χ1n) is 7.59. The molecule has 1 aromatic carbocycles. The summed E-state index contributed by atoms with van der Waals surface area (Å²) < 4.78 is 5.95. The summed E-state index contributed by atoms with van der Waals surface area (Å²) in [7, 11) is 0. The van der Waals surface area contributed by atoms with Crippen LogP contribution in [-0.4, -0.2) is 18.1 Å². The Hall–Kier alpha value is -1.61. The molecule has 3 rings (SSSR count). The van der Waals surface area contributed by atoms with Crippen molar-refractivity contribution in [3.05, 3.63) is 36.0 Å². The number of hydrogen-bond donors (Lipinski definition) is 1. The Morgan fingerprint density at radius 3 is 2.95 bits per heavy atom. The number of fused-ring (bicyclic) bond motifs is 1. The Kier molecular flexibility index (Phi) is 4.16. The minimum Gasteiger partial charge on any atom is -0.477 e. The molecule has 0 bridgehead atoms. The van der Waals surface area contributed by atoms with Gasteiger partial charge < -0.3 is 10.1 Å². The second kappa shape index (κ2) is 6.23. The summed E-state index contributed by atoms with van der Waals surface area (Å²) in [5.41, 5.74) is 1.05. The van der Waals surface area contributed by atoms with E-state index in [2.05, 4.69) is 41.5 Å². The maximum atomic E-state index is 5.95. The smallest absolute Gasteiger partial charge is 0.221 e. The molecule has 1 N–H and O–H groups in total. The number of ether oxygens (including phenoxy) is 1. The van der Waals surface area contributed by atoms with E-state index in [1.165, 1.54) is 18.2 Å². The third-order valence-electron chi connectivity index (χ3n) is 3.78. The van der Waals surface area contributed by atoms with Gasteiger partial charge in [0.2, 0.25) is 5.88 Å². The van der Waals surface area contributed by atoms with Crippen molar-refractivity contribution in [3.8, 4) is 5.88 Å². The lowest BCUT2D eigenvalue weighted by atomic mass is 10.1. The highest BCUT2D eigenvalue weighted by atomic mass is 16.5. The van der Waals surface area contributed by atoms with E-state index in [9.17, 15) is 0 Å². The van der Waals surface area contributed by atoms with E-state index in [4.69, 9.17) is 4.74 Å². The Morgan fingerprint density at radius 1 is 1.30 bits per heavy atom. The molecule has 20 heavy (non-hydrogen) atoms. The van der Waals surface area contributed by atoms with Crippen LogP contribution in [0.25, 0.3) is 10.8 Å². The number of nitrogens with zero attached hydrogens (tertiary/aromatic N) is 1. The normalized spacial score (nSPS) is 14.7. The van der Waals surface area contributed by atoms with Crippen LogP contribution in [0.1, 0.15) is 31.9 Å². The second-order valence-corrected chi connectivity index (χ2v) is 5.50. The van der Waals surface area contributed by atoms with Crippen LogP contribution in [0.5, 0.6) is 5.88 Å².